The van der Waals surface area contributed by atoms with E-state index in [1.807, 2.05) is 31.2 Å². The summed E-state index contributed by atoms with van der Waals surface area (Å²) in [5.74, 6) is 0. The van der Waals surface area contributed by atoms with E-state index in [-0.39, 0.29) is 6.04 Å². The minimum absolute atomic E-state index is 0.00558. The van der Waals surface area contributed by atoms with E-state index in [0.29, 0.717) is 6.54 Å². The summed E-state index contributed by atoms with van der Waals surface area (Å²) in [5.41, 5.74) is 1.97. The van der Waals surface area contributed by atoms with Gasteiger partial charge in [-0.05, 0) is 44.9 Å². The molecule has 0 radical (unpaired) electrons. The topological polar surface area (TPSA) is 49.4 Å². The molecule has 5 heteroatoms. The van der Waals surface area contributed by atoms with Crippen LogP contribution in [0, 0.1) is 0 Å². The molecular weight excluding hydrogens is 272 g/mol. The van der Waals surface area contributed by atoms with Gasteiger partial charge in [0.15, 0.2) is 0 Å². The van der Waals surface area contributed by atoms with E-state index in [2.05, 4.69) is 12.2 Å². The van der Waals surface area contributed by atoms with Gasteiger partial charge in [0.25, 0.3) is 0 Å². The number of para-hydroxylation sites is 1. The lowest BCUT2D eigenvalue weighted by Gasteiger charge is -2.28. The summed E-state index contributed by atoms with van der Waals surface area (Å²) in [5, 5.41) is 2.78. The van der Waals surface area contributed by atoms with Gasteiger partial charge in [0.1, 0.15) is 0 Å². The highest BCUT2D eigenvalue weighted by molar-refractivity contribution is 7.93. The lowest BCUT2D eigenvalue weighted by Crippen LogP contribution is -2.44. The van der Waals surface area contributed by atoms with Crippen LogP contribution in [0.25, 0.3) is 0 Å². The van der Waals surface area contributed by atoms with Crippen molar-refractivity contribution in [3.63, 3.8) is 0 Å². The summed E-state index contributed by atoms with van der Waals surface area (Å²) in [6.07, 6.45) is 1.81. The molecule has 0 spiro atoms. The maximum atomic E-state index is 12.8. The van der Waals surface area contributed by atoms with Crippen LogP contribution in [0.3, 0.4) is 0 Å². The number of hydrogen-bond acceptors (Lipinski definition) is 3. The second kappa shape index (κ2) is 6.14. The molecule has 1 N–H and O–H groups in total. The Morgan fingerprint density at radius 1 is 1.40 bits per heavy atom. The van der Waals surface area contributed by atoms with Gasteiger partial charge in [-0.2, -0.15) is 0 Å². The van der Waals surface area contributed by atoms with E-state index in [1.165, 1.54) is 0 Å². The van der Waals surface area contributed by atoms with Crippen molar-refractivity contribution in [2.24, 2.45) is 0 Å². The Labute approximate surface area is 122 Å². The van der Waals surface area contributed by atoms with Gasteiger partial charge in [-0.25, -0.2) is 8.42 Å². The van der Waals surface area contributed by atoms with E-state index in [1.54, 1.807) is 11.2 Å². The number of hydrogen-bond donors (Lipinski definition) is 1. The molecule has 1 aliphatic rings. The first-order chi connectivity index (χ1) is 9.48. The fourth-order valence-corrected chi connectivity index (χ4v) is 4.45. The van der Waals surface area contributed by atoms with Crippen LogP contribution in [0.4, 0.5) is 5.69 Å². The summed E-state index contributed by atoms with van der Waals surface area (Å²) in [6, 6.07) is 7.79. The Hall–Kier alpha value is -1.07. The molecule has 0 fully saturated rings. The van der Waals surface area contributed by atoms with Crippen LogP contribution in [0.1, 0.15) is 32.8 Å². The van der Waals surface area contributed by atoms with Crippen molar-refractivity contribution < 1.29 is 8.42 Å². The molecule has 1 aliphatic heterocycles. The van der Waals surface area contributed by atoms with Crippen molar-refractivity contribution in [2.75, 3.05) is 17.4 Å². The third-order valence-electron chi connectivity index (χ3n) is 3.79. The minimum atomic E-state index is -3.31. The van der Waals surface area contributed by atoms with Crippen molar-refractivity contribution in [3.05, 3.63) is 29.8 Å². The van der Waals surface area contributed by atoms with E-state index in [9.17, 15) is 8.42 Å². The normalized spacial score (nSPS) is 19.9. The third-order valence-corrected chi connectivity index (χ3v) is 6.07. The van der Waals surface area contributed by atoms with Gasteiger partial charge in [0.05, 0.1) is 10.9 Å². The summed E-state index contributed by atoms with van der Waals surface area (Å²) in [7, 11) is -3.31. The Kier molecular flexibility index (Phi) is 4.70. The Balaban J connectivity index is 2.21. The smallest absolute Gasteiger partial charge is 0.239 e. The second-order valence-corrected chi connectivity index (χ2v) is 7.77. The number of anilines is 1. The Morgan fingerprint density at radius 2 is 2.10 bits per heavy atom. The molecule has 0 bridgehead atoms. The van der Waals surface area contributed by atoms with Gasteiger partial charge in [-0.1, -0.05) is 25.1 Å². The predicted octanol–water partition coefficient (Wildman–Crippen LogP) is 2.16. The first kappa shape index (κ1) is 15.3. The van der Waals surface area contributed by atoms with E-state index in [4.69, 9.17) is 0 Å². The first-order valence-electron chi connectivity index (χ1n) is 7.30. The van der Waals surface area contributed by atoms with Crippen LogP contribution in [0.15, 0.2) is 24.3 Å². The van der Waals surface area contributed by atoms with E-state index >= 15 is 0 Å². The highest BCUT2D eigenvalue weighted by Gasteiger charge is 2.37. The molecule has 0 aliphatic carbocycles. The highest BCUT2D eigenvalue weighted by Crippen LogP contribution is 2.35. The second-order valence-electron chi connectivity index (χ2n) is 5.54. The van der Waals surface area contributed by atoms with Gasteiger partial charge >= 0.3 is 0 Å². The van der Waals surface area contributed by atoms with Crippen molar-refractivity contribution in [3.8, 4) is 0 Å². The van der Waals surface area contributed by atoms with Crippen molar-refractivity contribution in [1.29, 1.82) is 0 Å². The average molecular weight is 296 g/mol. The molecule has 4 nitrogen and oxygen atoms in total. The maximum Gasteiger partial charge on any atom is 0.239 e. The lowest BCUT2D eigenvalue weighted by atomic mass is 10.1. The fraction of sp³-hybridized carbons (Fsp3) is 0.600. The zero-order chi connectivity index (χ0) is 14.8. The predicted molar refractivity (Wildman–Crippen MR) is 83.6 cm³/mol. The summed E-state index contributed by atoms with van der Waals surface area (Å²) in [6.45, 7) is 7.19. The van der Waals surface area contributed by atoms with E-state index < -0.39 is 15.3 Å². The van der Waals surface area contributed by atoms with Crippen molar-refractivity contribution in [2.45, 2.75) is 44.9 Å². The van der Waals surface area contributed by atoms with Gasteiger partial charge in [-0.3, -0.25) is 4.31 Å². The minimum Gasteiger partial charge on any atom is -0.315 e. The van der Waals surface area contributed by atoms with Gasteiger partial charge in [-0.15, -0.1) is 0 Å². The number of benzene rings is 1. The number of fused-ring (bicyclic) bond motifs is 1. The monoisotopic (exact) mass is 296 g/mol. The standard InChI is InChI=1S/C15H24N2O2S/c1-4-9-16-11-13(3)20(18,19)17-12(2)10-14-7-5-6-8-15(14)17/h5-8,12-13,16H,4,9-11H2,1-3H3. The molecule has 112 valence electrons. The average Bonchev–Trinajstić information content (AvgIpc) is 2.75. The van der Waals surface area contributed by atoms with Gasteiger partial charge in [0.2, 0.25) is 10.0 Å². The van der Waals surface area contributed by atoms with Crippen LogP contribution >= 0.6 is 0 Å². The van der Waals surface area contributed by atoms with Crippen LogP contribution in [-0.2, 0) is 16.4 Å². The largest absolute Gasteiger partial charge is 0.315 e. The summed E-state index contributed by atoms with van der Waals surface area (Å²) < 4.78 is 27.2. The fourth-order valence-electron chi connectivity index (χ4n) is 2.71. The SMILES string of the molecule is CCCNCC(C)S(=O)(=O)N1c2ccccc2CC1C. The molecule has 1 aromatic carbocycles. The molecule has 0 saturated carbocycles. The van der Waals surface area contributed by atoms with Crippen molar-refractivity contribution in [1.82, 2.24) is 5.32 Å². The molecule has 2 unspecified atom stereocenters. The quantitative estimate of drug-likeness (QED) is 0.818. The van der Waals surface area contributed by atoms with Crippen LogP contribution in [-0.4, -0.2) is 32.8 Å². The highest BCUT2D eigenvalue weighted by atomic mass is 32.2. The Bertz CT molecular complexity index is 557. The lowest BCUT2D eigenvalue weighted by molar-refractivity contribution is 0.560. The molecule has 2 rings (SSSR count). The molecule has 0 aromatic heterocycles. The first-order valence-corrected chi connectivity index (χ1v) is 8.80. The summed E-state index contributed by atoms with van der Waals surface area (Å²) >= 11 is 0. The number of nitrogens with zero attached hydrogens (tertiary/aromatic N) is 1. The van der Waals surface area contributed by atoms with E-state index in [0.717, 1.165) is 30.6 Å². The molecule has 1 heterocycles. The number of sulfonamides is 1. The zero-order valence-electron chi connectivity index (χ0n) is 12.5. The summed E-state index contributed by atoms with van der Waals surface area (Å²) in [4.78, 5) is 0. The molecule has 0 saturated heterocycles. The van der Waals surface area contributed by atoms with Crippen LogP contribution in [0.2, 0.25) is 0 Å². The zero-order valence-corrected chi connectivity index (χ0v) is 13.3. The Morgan fingerprint density at radius 3 is 2.80 bits per heavy atom. The molecule has 20 heavy (non-hydrogen) atoms. The van der Waals surface area contributed by atoms with Crippen LogP contribution < -0.4 is 9.62 Å². The third kappa shape index (κ3) is 2.83. The van der Waals surface area contributed by atoms with Crippen LogP contribution in [0.5, 0.6) is 0 Å². The molecular formula is C15H24N2O2S. The van der Waals surface area contributed by atoms with Crippen molar-refractivity contribution >= 4 is 15.7 Å². The van der Waals surface area contributed by atoms with Gasteiger partial charge in [0, 0.05) is 12.6 Å². The molecule has 2 atom stereocenters. The molecule has 0 amide bonds. The maximum absolute atomic E-state index is 12.8. The number of rotatable bonds is 6. The van der Waals surface area contributed by atoms with Gasteiger partial charge < -0.3 is 5.32 Å². The number of nitrogens with one attached hydrogen (secondary N) is 1. The molecule has 1 aromatic rings.